The molecule has 0 spiro atoms. The summed E-state index contributed by atoms with van der Waals surface area (Å²) in [5, 5.41) is 12.6. The molecular weight excluding hydrogens is 204 g/mol. The number of likely N-dealkylation sites (N-methyl/N-ethyl adjacent to an activating group) is 1. The van der Waals surface area contributed by atoms with Crippen LogP contribution >= 0.6 is 0 Å². The molecule has 1 saturated carbocycles. The Hall–Kier alpha value is -0.160. The van der Waals surface area contributed by atoms with E-state index in [4.69, 9.17) is 4.74 Å². The maximum atomic E-state index is 9.17. The van der Waals surface area contributed by atoms with Crippen molar-refractivity contribution in [1.82, 2.24) is 10.2 Å². The molecule has 1 saturated heterocycles. The van der Waals surface area contributed by atoms with Gasteiger partial charge in [0.25, 0.3) is 0 Å². The average molecular weight is 228 g/mol. The van der Waals surface area contributed by atoms with Crippen molar-refractivity contribution < 1.29 is 9.84 Å². The van der Waals surface area contributed by atoms with Crippen molar-refractivity contribution >= 4 is 0 Å². The van der Waals surface area contributed by atoms with Gasteiger partial charge in [-0.2, -0.15) is 0 Å². The first kappa shape index (κ1) is 12.3. The zero-order chi connectivity index (χ0) is 11.4. The molecule has 0 aromatic heterocycles. The summed E-state index contributed by atoms with van der Waals surface area (Å²) in [6.45, 7) is 8.29. The molecule has 1 aliphatic carbocycles. The Morgan fingerprint density at radius 1 is 1.38 bits per heavy atom. The third kappa shape index (κ3) is 3.42. The van der Waals surface area contributed by atoms with E-state index in [-0.39, 0.29) is 6.10 Å². The maximum absolute atomic E-state index is 9.17. The minimum absolute atomic E-state index is 0.0340. The fraction of sp³-hybridized carbons (Fsp3) is 1.00. The first-order chi connectivity index (χ1) is 7.78. The van der Waals surface area contributed by atoms with Gasteiger partial charge in [-0.3, -0.25) is 4.90 Å². The minimum atomic E-state index is -0.0340. The number of aliphatic hydroxyl groups excluding tert-OH is 1. The van der Waals surface area contributed by atoms with Gasteiger partial charge in [-0.1, -0.05) is 6.92 Å². The highest BCUT2D eigenvalue weighted by molar-refractivity contribution is 4.81. The van der Waals surface area contributed by atoms with E-state index in [2.05, 4.69) is 17.1 Å². The lowest BCUT2D eigenvalue weighted by atomic mass is 9.82. The Bertz CT molecular complexity index is 207. The second-order valence-corrected chi connectivity index (χ2v) is 5.04. The van der Waals surface area contributed by atoms with Crippen LogP contribution in [0.4, 0.5) is 0 Å². The number of ether oxygens (including phenoxy) is 1. The number of nitrogens with one attached hydrogen (secondary N) is 1. The number of rotatable bonds is 5. The van der Waals surface area contributed by atoms with Crippen LogP contribution in [0.1, 0.15) is 19.8 Å². The highest BCUT2D eigenvalue weighted by Gasteiger charge is 2.27. The number of hydrogen-bond donors (Lipinski definition) is 2. The number of nitrogens with zero attached hydrogens (tertiary/aromatic N) is 1. The standard InChI is InChI=1S/C12H24N2O2/c1-2-14-3-4-16-12(9-14)8-13-7-10-5-11(15)6-10/h10-13,15H,2-9H2,1H3. The van der Waals surface area contributed by atoms with Crippen LogP contribution in [0.25, 0.3) is 0 Å². The predicted octanol–water partition coefficient (Wildman–Crippen LogP) is 0.0676. The fourth-order valence-electron chi connectivity index (χ4n) is 2.51. The normalized spacial score (nSPS) is 36.0. The molecule has 1 heterocycles. The molecular formula is C12H24N2O2. The first-order valence-electron chi connectivity index (χ1n) is 6.50. The van der Waals surface area contributed by atoms with Crippen molar-refractivity contribution in [3.05, 3.63) is 0 Å². The largest absolute Gasteiger partial charge is 0.393 e. The van der Waals surface area contributed by atoms with Crippen LogP contribution < -0.4 is 5.32 Å². The monoisotopic (exact) mass is 228 g/mol. The van der Waals surface area contributed by atoms with Gasteiger partial charge in [0.05, 0.1) is 18.8 Å². The van der Waals surface area contributed by atoms with Gasteiger partial charge in [0.2, 0.25) is 0 Å². The molecule has 94 valence electrons. The Morgan fingerprint density at radius 3 is 2.88 bits per heavy atom. The second kappa shape index (κ2) is 5.96. The SMILES string of the molecule is CCN1CCOC(CNCC2CC(O)C2)C1. The van der Waals surface area contributed by atoms with Crippen LogP contribution in [0.5, 0.6) is 0 Å². The molecule has 0 aromatic carbocycles. The molecule has 16 heavy (non-hydrogen) atoms. The summed E-state index contributed by atoms with van der Waals surface area (Å²) in [5.74, 6) is 0.681. The number of morpholine rings is 1. The third-order valence-corrected chi connectivity index (χ3v) is 3.69. The van der Waals surface area contributed by atoms with Gasteiger partial charge in [0.1, 0.15) is 0 Å². The smallest absolute Gasteiger partial charge is 0.0826 e. The van der Waals surface area contributed by atoms with E-state index in [0.29, 0.717) is 12.0 Å². The van der Waals surface area contributed by atoms with E-state index >= 15 is 0 Å². The second-order valence-electron chi connectivity index (χ2n) is 5.04. The van der Waals surface area contributed by atoms with Crippen molar-refractivity contribution in [2.45, 2.75) is 32.0 Å². The molecule has 2 fully saturated rings. The molecule has 2 aliphatic rings. The van der Waals surface area contributed by atoms with Gasteiger partial charge in [0, 0.05) is 19.6 Å². The summed E-state index contributed by atoms with van der Waals surface area (Å²) in [6, 6.07) is 0. The van der Waals surface area contributed by atoms with Gasteiger partial charge >= 0.3 is 0 Å². The van der Waals surface area contributed by atoms with Crippen LogP contribution in [0.15, 0.2) is 0 Å². The Labute approximate surface area is 98.0 Å². The molecule has 1 atom stereocenters. The average Bonchev–Trinajstić information content (AvgIpc) is 2.27. The molecule has 2 rings (SSSR count). The highest BCUT2D eigenvalue weighted by Crippen LogP contribution is 2.26. The predicted molar refractivity (Wildman–Crippen MR) is 63.5 cm³/mol. The van der Waals surface area contributed by atoms with Crippen LogP contribution in [0.2, 0.25) is 0 Å². The topological polar surface area (TPSA) is 44.7 Å². The zero-order valence-corrected chi connectivity index (χ0v) is 10.2. The van der Waals surface area contributed by atoms with Crippen molar-refractivity contribution in [1.29, 1.82) is 0 Å². The lowest BCUT2D eigenvalue weighted by Gasteiger charge is -2.34. The van der Waals surface area contributed by atoms with Gasteiger partial charge in [0.15, 0.2) is 0 Å². The maximum Gasteiger partial charge on any atom is 0.0826 e. The summed E-state index contributed by atoms with van der Waals surface area (Å²) < 4.78 is 5.71. The van der Waals surface area contributed by atoms with Crippen LogP contribution in [0.3, 0.4) is 0 Å². The van der Waals surface area contributed by atoms with E-state index in [1.54, 1.807) is 0 Å². The Morgan fingerprint density at radius 2 is 2.19 bits per heavy atom. The molecule has 4 heteroatoms. The summed E-state index contributed by atoms with van der Waals surface area (Å²) in [4.78, 5) is 2.43. The zero-order valence-electron chi connectivity index (χ0n) is 10.2. The fourth-order valence-corrected chi connectivity index (χ4v) is 2.51. The van der Waals surface area contributed by atoms with E-state index < -0.39 is 0 Å². The number of aliphatic hydroxyl groups is 1. The molecule has 4 nitrogen and oxygen atoms in total. The van der Waals surface area contributed by atoms with Crippen molar-refractivity contribution in [3.63, 3.8) is 0 Å². The van der Waals surface area contributed by atoms with E-state index in [1.807, 2.05) is 0 Å². The van der Waals surface area contributed by atoms with Gasteiger partial charge in [-0.25, -0.2) is 0 Å². The van der Waals surface area contributed by atoms with E-state index in [9.17, 15) is 5.11 Å². The lowest BCUT2D eigenvalue weighted by Crippen LogP contribution is -2.47. The van der Waals surface area contributed by atoms with Crippen molar-refractivity contribution in [2.75, 3.05) is 39.3 Å². The summed E-state index contributed by atoms with van der Waals surface area (Å²) in [5.41, 5.74) is 0. The van der Waals surface area contributed by atoms with Gasteiger partial charge in [-0.15, -0.1) is 0 Å². The highest BCUT2D eigenvalue weighted by atomic mass is 16.5. The quantitative estimate of drug-likeness (QED) is 0.699. The van der Waals surface area contributed by atoms with E-state index in [0.717, 1.165) is 52.2 Å². The minimum Gasteiger partial charge on any atom is -0.393 e. The van der Waals surface area contributed by atoms with E-state index in [1.165, 1.54) is 0 Å². The van der Waals surface area contributed by atoms with Crippen molar-refractivity contribution in [2.24, 2.45) is 5.92 Å². The first-order valence-corrected chi connectivity index (χ1v) is 6.50. The molecule has 0 radical (unpaired) electrons. The molecule has 2 N–H and O–H groups in total. The third-order valence-electron chi connectivity index (χ3n) is 3.69. The van der Waals surface area contributed by atoms with Gasteiger partial charge in [-0.05, 0) is 31.8 Å². The van der Waals surface area contributed by atoms with Gasteiger partial charge < -0.3 is 15.2 Å². The Kier molecular flexibility index (Phi) is 4.58. The number of hydrogen-bond acceptors (Lipinski definition) is 4. The summed E-state index contributed by atoms with van der Waals surface area (Å²) in [6.07, 6.45) is 2.26. The molecule has 1 unspecified atom stereocenters. The van der Waals surface area contributed by atoms with Crippen LogP contribution in [-0.2, 0) is 4.74 Å². The molecule has 0 aromatic rings. The lowest BCUT2D eigenvalue weighted by molar-refractivity contribution is -0.0271. The molecule has 0 bridgehead atoms. The summed E-state index contributed by atoms with van der Waals surface area (Å²) >= 11 is 0. The Balaban J connectivity index is 1.55. The molecule has 0 amide bonds. The van der Waals surface area contributed by atoms with Crippen molar-refractivity contribution in [3.8, 4) is 0 Å². The van der Waals surface area contributed by atoms with Crippen LogP contribution in [0, 0.1) is 5.92 Å². The van der Waals surface area contributed by atoms with Crippen LogP contribution in [-0.4, -0.2) is 61.5 Å². The summed E-state index contributed by atoms with van der Waals surface area (Å²) in [7, 11) is 0. The molecule has 1 aliphatic heterocycles.